The number of hydrogen-bond donors (Lipinski definition) is 1. The fourth-order valence-electron chi connectivity index (χ4n) is 5.39. The summed E-state index contributed by atoms with van der Waals surface area (Å²) in [6, 6.07) is 20.0. The highest BCUT2D eigenvalue weighted by molar-refractivity contribution is 7.92. The molecule has 0 radical (unpaired) electrons. The summed E-state index contributed by atoms with van der Waals surface area (Å²) < 4.78 is 29.1. The number of carbonyl (C=O) groups is 2. The van der Waals surface area contributed by atoms with Crippen molar-refractivity contribution < 1.29 is 18.0 Å². The van der Waals surface area contributed by atoms with Crippen molar-refractivity contribution in [2.24, 2.45) is 0 Å². The molecule has 0 aromatic heterocycles. The number of halogens is 1. The smallest absolute Gasteiger partial charge is 0.264 e. The Morgan fingerprint density at radius 3 is 2.24 bits per heavy atom. The summed E-state index contributed by atoms with van der Waals surface area (Å²) in [6.07, 6.45) is 4.38. The monoisotopic (exact) mass is 595 g/mol. The molecule has 0 spiro atoms. The minimum absolute atomic E-state index is 0.0682. The van der Waals surface area contributed by atoms with Gasteiger partial charge in [-0.25, -0.2) is 8.42 Å². The van der Waals surface area contributed by atoms with Crippen LogP contribution in [0.2, 0.25) is 5.02 Å². The van der Waals surface area contributed by atoms with Crippen molar-refractivity contribution in [2.75, 3.05) is 10.8 Å². The van der Waals surface area contributed by atoms with Crippen LogP contribution in [-0.4, -0.2) is 43.8 Å². The van der Waals surface area contributed by atoms with E-state index >= 15 is 0 Å². The molecule has 1 saturated carbocycles. The Kier molecular flexibility index (Phi) is 10.1. The summed E-state index contributed by atoms with van der Waals surface area (Å²) in [4.78, 5) is 29.4. The third-order valence-corrected chi connectivity index (χ3v) is 9.74. The van der Waals surface area contributed by atoms with Crippen LogP contribution in [0.4, 0.5) is 5.69 Å². The first-order valence-electron chi connectivity index (χ1n) is 14.1. The van der Waals surface area contributed by atoms with Crippen molar-refractivity contribution >= 4 is 39.1 Å². The quantitative estimate of drug-likeness (QED) is 0.294. The molecule has 1 N–H and O–H groups in total. The molecule has 3 aromatic rings. The summed E-state index contributed by atoms with van der Waals surface area (Å²) in [5, 5.41) is 3.61. The number of benzene rings is 3. The zero-order valence-corrected chi connectivity index (χ0v) is 25.4. The van der Waals surface area contributed by atoms with Crippen LogP contribution in [-0.2, 0) is 26.2 Å². The van der Waals surface area contributed by atoms with Crippen molar-refractivity contribution in [1.82, 2.24) is 10.2 Å². The second-order valence-electron chi connectivity index (χ2n) is 10.6. The fraction of sp³-hybridized carbons (Fsp3) is 0.375. The third-order valence-electron chi connectivity index (χ3n) is 7.73. The van der Waals surface area contributed by atoms with E-state index in [9.17, 15) is 18.0 Å². The lowest BCUT2D eigenvalue weighted by molar-refractivity contribution is -0.140. The maximum Gasteiger partial charge on any atom is 0.264 e. The molecule has 0 unspecified atom stereocenters. The minimum atomic E-state index is -4.13. The van der Waals surface area contributed by atoms with Crippen LogP contribution in [0.25, 0.3) is 0 Å². The Balaban J connectivity index is 1.74. The highest BCUT2D eigenvalue weighted by Gasteiger charge is 2.35. The molecule has 4 rings (SSSR count). The van der Waals surface area contributed by atoms with Gasteiger partial charge >= 0.3 is 0 Å². The third kappa shape index (κ3) is 7.29. The molecule has 41 heavy (non-hydrogen) atoms. The molecular weight excluding hydrogens is 558 g/mol. The average molecular weight is 596 g/mol. The molecule has 2 amide bonds. The van der Waals surface area contributed by atoms with Gasteiger partial charge in [-0.05, 0) is 80.1 Å². The van der Waals surface area contributed by atoms with Gasteiger partial charge < -0.3 is 10.2 Å². The largest absolute Gasteiger partial charge is 0.352 e. The molecule has 1 aliphatic rings. The van der Waals surface area contributed by atoms with Crippen molar-refractivity contribution in [3.05, 3.63) is 94.5 Å². The number of carbonyl (C=O) groups excluding carboxylic acids is 2. The van der Waals surface area contributed by atoms with E-state index in [-0.39, 0.29) is 23.4 Å². The number of amides is 2. The van der Waals surface area contributed by atoms with E-state index in [4.69, 9.17) is 11.6 Å². The zero-order valence-electron chi connectivity index (χ0n) is 23.8. The second-order valence-corrected chi connectivity index (χ2v) is 12.9. The maximum absolute atomic E-state index is 14.3. The Bertz CT molecular complexity index is 1470. The number of aryl methyl sites for hydroxylation is 2. The Hall–Kier alpha value is -3.36. The van der Waals surface area contributed by atoms with Crippen LogP contribution in [0.15, 0.2) is 77.7 Å². The number of sulfonamides is 1. The molecule has 3 aromatic carbocycles. The van der Waals surface area contributed by atoms with Gasteiger partial charge in [0.05, 0.1) is 10.6 Å². The normalized spacial score (nSPS) is 14.4. The molecule has 218 valence electrons. The van der Waals surface area contributed by atoms with Gasteiger partial charge in [0.25, 0.3) is 10.0 Å². The molecule has 0 aliphatic heterocycles. The van der Waals surface area contributed by atoms with Crippen LogP contribution in [0.1, 0.15) is 55.7 Å². The SMILES string of the molecule is CC[C@@H](C(=O)NC1CCCC1)N(Cc1ccccc1C)C(=O)CN(c1ccc(Cl)cc1C)S(=O)(=O)c1ccccc1. The van der Waals surface area contributed by atoms with Gasteiger partial charge in [-0.15, -0.1) is 0 Å². The van der Waals surface area contributed by atoms with Crippen LogP contribution >= 0.6 is 11.6 Å². The predicted octanol–water partition coefficient (Wildman–Crippen LogP) is 6.02. The number of nitrogens with zero attached hydrogens (tertiary/aromatic N) is 2. The first kappa shape index (κ1) is 30.6. The number of nitrogens with one attached hydrogen (secondary N) is 1. The summed E-state index contributed by atoms with van der Waals surface area (Å²) in [6.45, 7) is 5.30. The highest BCUT2D eigenvalue weighted by atomic mass is 35.5. The summed E-state index contributed by atoms with van der Waals surface area (Å²) in [5.41, 5.74) is 2.85. The number of rotatable bonds is 11. The van der Waals surface area contributed by atoms with Gasteiger partial charge in [0, 0.05) is 17.6 Å². The lowest BCUT2D eigenvalue weighted by Gasteiger charge is -2.34. The van der Waals surface area contributed by atoms with Gasteiger partial charge in [0.15, 0.2) is 0 Å². The summed E-state index contributed by atoms with van der Waals surface area (Å²) in [7, 11) is -4.13. The van der Waals surface area contributed by atoms with Gasteiger partial charge in [0.2, 0.25) is 11.8 Å². The van der Waals surface area contributed by atoms with Crippen molar-refractivity contribution in [1.29, 1.82) is 0 Å². The van der Waals surface area contributed by atoms with E-state index in [1.807, 2.05) is 38.1 Å². The topological polar surface area (TPSA) is 86.8 Å². The second kappa shape index (κ2) is 13.5. The lowest BCUT2D eigenvalue weighted by atomic mass is 10.1. The standard InChI is InChI=1S/C32H38ClN3O4S/c1-4-29(32(38)34-27-14-10-11-15-27)35(21-25-13-9-8-12-23(25)2)31(37)22-36(30-19-18-26(33)20-24(30)3)41(39,40)28-16-6-5-7-17-28/h5-9,12-13,16-20,27,29H,4,10-11,14-15,21-22H2,1-3H3,(H,34,38)/t29-/m0/s1. The van der Waals surface area contributed by atoms with E-state index in [2.05, 4.69) is 5.32 Å². The molecule has 7 nitrogen and oxygen atoms in total. The first-order valence-corrected chi connectivity index (χ1v) is 15.9. The highest BCUT2D eigenvalue weighted by Crippen LogP contribution is 2.30. The number of anilines is 1. The molecule has 9 heteroatoms. The number of hydrogen-bond acceptors (Lipinski definition) is 4. The van der Waals surface area contributed by atoms with Crippen molar-refractivity contribution in [3.63, 3.8) is 0 Å². The van der Waals surface area contributed by atoms with Crippen LogP contribution in [0.5, 0.6) is 0 Å². The molecular formula is C32H38ClN3O4S. The predicted molar refractivity (Wildman–Crippen MR) is 163 cm³/mol. The van der Waals surface area contributed by atoms with E-state index in [1.165, 1.54) is 17.0 Å². The van der Waals surface area contributed by atoms with E-state index in [1.54, 1.807) is 43.3 Å². The molecule has 1 atom stereocenters. The molecule has 0 heterocycles. The van der Waals surface area contributed by atoms with E-state index in [0.29, 0.717) is 22.7 Å². The van der Waals surface area contributed by atoms with E-state index < -0.39 is 28.5 Å². The van der Waals surface area contributed by atoms with Crippen molar-refractivity contribution in [2.45, 2.75) is 76.4 Å². The Morgan fingerprint density at radius 2 is 1.61 bits per heavy atom. The molecule has 1 fully saturated rings. The van der Waals surface area contributed by atoms with Crippen molar-refractivity contribution in [3.8, 4) is 0 Å². The Labute approximate surface area is 248 Å². The minimum Gasteiger partial charge on any atom is -0.352 e. The van der Waals surface area contributed by atoms with Gasteiger partial charge in [-0.2, -0.15) is 0 Å². The molecule has 0 saturated heterocycles. The zero-order chi connectivity index (χ0) is 29.6. The lowest BCUT2D eigenvalue weighted by Crippen LogP contribution is -2.53. The Morgan fingerprint density at radius 1 is 0.951 bits per heavy atom. The van der Waals surface area contributed by atoms with Crippen LogP contribution in [0, 0.1) is 13.8 Å². The van der Waals surface area contributed by atoms with Gasteiger partial charge in [-0.1, -0.05) is 73.8 Å². The summed E-state index contributed by atoms with van der Waals surface area (Å²) in [5.74, 6) is -0.669. The molecule has 0 bridgehead atoms. The maximum atomic E-state index is 14.3. The average Bonchev–Trinajstić information content (AvgIpc) is 3.46. The first-order chi connectivity index (χ1) is 19.6. The fourth-order valence-corrected chi connectivity index (χ4v) is 7.12. The van der Waals surface area contributed by atoms with Gasteiger partial charge in [-0.3, -0.25) is 13.9 Å². The van der Waals surface area contributed by atoms with Crippen LogP contribution < -0.4 is 9.62 Å². The van der Waals surface area contributed by atoms with Gasteiger partial charge in [0.1, 0.15) is 12.6 Å². The van der Waals surface area contributed by atoms with Crippen LogP contribution in [0.3, 0.4) is 0 Å². The molecule has 1 aliphatic carbocycles. The summed E-state index contributed by atoms with van der Waals surface area (Å²) >= 11 is 6.19. The van der Waals surface area contributed by atoms with E-state index in [0.717, 1.165) is 41.1 Å².